The van der Waals surface area contributed by atoms with E-state index in [0.29, 0.717) is 12.8 Å². The molecule has 0 spiro atoms. The number of aliphatic hydroxyl groups is 1. The van der Waals surface area contributed by atoms with Gasteiger partial charge >= 0.3 is 6.09 Å². The maximum absolute atomic E-state index is 14.0. The third-order valence-corrected chi connectivity index (χ3v) is 9.37. The maximum Gasteiger partial charge on any atom is 0.408 e. The number of amides is 4. The van der Waals surface area contributed by atoms with Crippen molar-refractivity contribution in [2.24, 2.45) is 11.3 Å². The van der Waals surface area contributed by atoms with Crippen LogP contribution < -0.4 is 15.4 Å². The van der Waals surface area contributed by atoms with Crippen molar-refractivity contribution >= 4 is 33.8 Å². The molecule has 1 saturated heterocycles. The van der Waals surface area contributed by atoms with Crippen LogP contribution in [0, 0.1) is 11.3 Å². The molecule has 0 radical (unpaired) electrons. The molecule has 1 heterocycles. The lowest BCUT2D eigenvalue weighted by molar-refractivity contribution is -0.143. The third-order valence-electron chi connectivity index (χ3n) is 7.55. The molecule has 3 rings (SSSR count). The monoisotopic (exact) mass is 596 g/mol. The van der Waals surface area contributed by atoms with Crippen LogP contribution >= 0.6 is 0 Å². The number of ether oxygens (including phenoxy) is 1. The van der Waals surface area contributed by atoms with Gasteiger partial charge in [-0.25, -0.2) is 13.2 Å². The number of nitrogens with one attached hydrogen (secondary N) is 3. The Balaban J connectivity index is 1.88. The van der Waals surface area contributed by atoms with Crippen molar-refractivity contribution in [2.75, 3.05) is 6.54 Å². The molecular weight excluding hydrogens is 552 g/mol. The van der Waals surface area contributed by atoms with E-state index in [9.17, 15) is 32.7 Å². The molecule has 0 aromatic carbocycles. The van der Waals surface area contributed by atoms with Gasteiger partial charge in [-0.05, 0) is 51.9 Å². The van der Waals surface area contributed by atoms with E-state index in [0.717, 1.165) is 0 Å². The Hall–Kier alpha value is -2.93. The second-order valence-electron chi connectivity index (χ2n) is 13.5. The van der Waals surface area contributed by atoms with E-state index >= 15 is 0 Å². The second-order valence-corrected chi connectivity index (χ2v) is 15.5. The van der Waals surface area contributed by atoms with Gasteiger partial charge < -0.3 is 25.4 Å². The van der Waals surface area contributed by atoms with Gasteiger partial charge in [0.05, 0.1) is 17.4 Å². The van der Waals surface area contributed by atoms with Gasteiger partial charge in [-0.3, -0.25) is 19.1 Å². The summed E-state index contributed by atoms with van der Waals surface area (Å²) in [5.41, 5.74) is -4.66. The van der Waals surface area contributed by atoms with Crippen LogP contribution in [0.3, 0.4) is 0 Å². The average molecular weight is 597 g/mol. The van der Waals surface area contributed by atoms with Gasteiger partial charge in [0.2, 0.25) is 21.8 Å². The van der Waals surface area contributed by atoms with Crippen molar-refractivity contribution in [1.29, 1.82) is 0 Å². The molecule has 2 saturated carbocycles. The molecule has 1 aliphatic heterocycles. The number of β-amino-alcohol motifs (C(OH)–C–C–N with tert-alkyl or cyclic N) is 1. The van der Waals surface area contributed by atoms with Crippen molar-refractivity contribution in [3.8, 4) is 0 Å². The number of carbonyl (C=O) groups excluding carboxylic acids is 4. The Morgan fingerprint density at radius 3 is 2.17 bits per heavy atom. The molecule has 4 N–H and O–H groups in total. The third kappa shape index (κ3) is 7.48. The number of sulfonamides is 1. The normalized spacial score (nSPS) is 28.7. The second kappa shape index (κ2) is 11.0. The Labute approximate surface area is 242 Å². The van der Waals surface area contributed by atoms with Crippen LogP contribution in [0.5, 0.6) is 0 Å². The minimum Gasteiger partial charge on any atom is -0.444 e. The molecule has 0 bridgehead atoms. The van der Waals surface area contributed by atoms with Gasteiger partial charge in [0.25, 0.3) is 5.91 Å². The molecule has 2 aliphatic carbocycles. The Bertz CT molecular complexity index is 1220. The van der Waals surface area contributed by atoms with Crippen molar-refractivity contribution in [3.05, 3.63) is 25.3 Å². The lowest BCUT2D eigenvalue weighted by Gasteiger charge is -2.36. The highest BCUT2D eigenvalue weighted by Crippen LogP contribution is 2.46. The Morgan fingerprint density at radius 1 is 1.10 bits per heavy atom. The summed E-state index contributed by atoms with van der Waals surface area (Å²) in [5, 5.41) is 15.9. The number of likely N-dealkylation sites (tertiary alicyclic amines) is 1. The summed E-state index contributed by atoms with van der Waals surface area (Å²) in [5.74, 6) is -2.73. The molecule has 3 fully saturated rings. The SMILES string of the molecule is C=CC[C@]1(O)C[C@@H](C(=O)N[C@]2(C(=O)NS(=O)(=O)C3CC3)C[C@H]2C=C)N(C(=O)[C@@H](NC(=O)OC(C)(C)C)C(C)(C)C)C1. The first kappa shape index (κ1) is 32.6. The first-order valence-corrected chi connectivity index (χ1v) is 15.4. The minimum absolute atomic E-state index is 0.0841. The zero-order valence-corrected chi connectivity index (χ0v) is 25.6. The molecule has 230 valence electrons. The zero-order valence-electron chi connectivity index (χ0n) is 24.8. The number of nitrogens with zero attached hydrogens (tertiary/aromatic N) is 1. The van der Waals surface area contributed by atoms with Crippen LogP contribution in [-0.2, 0) is 29.1 Å². The molecule has 41 heavy (non-hydrogen) atoms. The van der Waals surface area contributed by atoms with Gasteiger partial charge in [-0.2, -0.15) is 0 Å². The number of alkyl carbamates (subject to hydrolysis) is 1. The van der Waals surface area contributed by atoms with E-state index in [1.165, 1.54) is 17.1 Å². The number of hydrogen-bond donors (Lipinski definition) is 4. The van der Waals surface area contributed by atoms with E-state index in [-0.39, 0.29) is 25.8 Å². The lowest BCUT2D eigenvalue weighted by atomic mass is 9.85. The summed E-state index contributed by atoms with van der Waals surface area (Å²) in [6.45, 7) is 17.4. The van der Waals surface area contributed by atoms with Gasteiger partial charge in [0, 0.05) is 12.3 Å². The highest BCUT2D eigenvalue weighted by Gasteiger charge is 2.62. The summed E-state index contributed by atoms with van der Waals surface area (Å²) in [4.78, 5) is 54.7. The van der Waals surface area contributed by atoms with E-state index in [2.05, 4.69) is 28.5 Å². The molecule has 5 atom stereocenters. The van der Waals surface area contributed by atoms with Crippen molar-refractivity contribution < 1.29 is 37.4 Å². The molecule has 0 aromatic heterocycles. The first-order valence-electron chi connectivity index (χ1n) is 13.8. The van der Waals surface area contributed by atoms with Crippen LogP contribution in [0.15, 0.2) is 25.3 Å². The quantitative estimate of drug-likeness (QED) is 0.275. The van der Waals surface area contributed by atoms with Crippen molar-refractivity contribution in [3.63, 3.8) is 0 Å². The number of carbonyl (C=O) groups is 4. The van der Waals surface area contributed by atoms with E-state index in [1.807, 2.05) is 0 Å². The first-order chi connectivity index (χ1) is 18.7. The number of hydrogen-bond acceptors (Lipinski definition) is 8. The minimum atomic E-state index is -3.87. The largest absolute Gasteiger partial charge is 0.444 e. The van der Waals surface area contributed by atoms with Gasteiger partial charge in [-0.1, -0.05) is 32.9 Å². The summed E-state index contributed by atoms with van der Waals surface area (Å²) in [6.07, 6.45) is 3.12. The molecule has 4 amide bonds. The smallest absolute Gasteiger partial charge is 0.408 e. The molecule has 0 aromatic rings. The topological polar surface area (TPSA) is 171 Å². The van der Waals surface area contributed by atoms with E-state index < -0.39 is 79.2 Å². The maximum atomic E-state index is 14.0. The molecular formula is C28H44N4O8S. The average Bonchev–Trinajstić information content (AvgIpc) is 3.72. The standard InChI is InChI=1S/C28H44N4O8S/c1-9-13-27(37)15-19(32(16-27)22(34)20(25(3,4)5)29-24(36)40-26(6,7)8)21(33)30-28(14-17(28)10-2)23(35)31-41(38,39)18-11-12-18/h9-10,17-20,37H,1-2,11-16H2,3-8H3,(H,29,36)(H,30,33)(H,31,35)/t17-,19+,20-,27+,28-/m1/s1. The fourth-order valence-electron chi connectivity index (χ4n) is 5.10. The van der Waals surface area contributed by atoms with Crippen LogP contribution in [-0.4, -0.2) is 82.9 Å². The summed E-state index contributed by atoms with van der Waals surface area (Å²) >= 11 is 0. The van der Waals surface area contributed by atoms with E-state index in [1.54, 1.807) is 41.5 Å². The number of rotatable bonds is 10. The highest BCUT2D eigenvalue weighted by atomic mass is 32.2. The van der Waals surface area contributed by atoms with Crippen molar-refractivity contribution in [1.82, 2.24) is 20.3 Å². The highest BCUT2D eigenvalue weighted by molar-refractivity contribution is 7.91. The summed E-state index contributed by atoms with van der Waals surface area (Å²) in [6, 6.07) is -2.34. The Kier molecular flexibility index (Phi) is 8.78. The molecule has 13 heteroatoms. The van der Waals surface area contributed by atoms with Crippen LogP contribution in [0.2, 0.25) is 0 Å². The van der Waals surface area contributed by atoms with Crippen LogP contribution in [0.1, 0.15) is 73.6 Å². The Morgan fingerprint density at radius 2 is 1.71 bits per heavy atom. The lowest BCUT2D eigenvalue weighted by Crippen LogP contribution is -2.60. The fraction of sp³-hybridized carbons (Fsp3) is 0.714. The van der Waals surface area contributed by atoms with Gasteiger partial charge in [-0.15, -0.1) is 13.2 Å². The molecule has 0 unspecified atom stereocenters. The zero-order chi connectivity index (χ0) is 31.2. The summed E-state index contributed by atoms with van der Waals surface area (Å²) in [7, 11) is -3.87. The van der Waals surface area contributed by atoms with Gasteiger partial charge in [0.1, 0.15) is 23.2 Å². The predicted molar refractivity (Wildman–Crippen MR) is 152 cm³/mol. The van der Waals surface area contributed by atoms with Crippen LogP contribution in [0.25, 0.3) is 0 Å². The summed E-state index contributed by atoms with van der Waals surface area (Å²) < 4.78 is 32.3. The van der Waals surface area contributed by atoms with Gasteiger partial charge in [0.15, 0.2) is 0 Å². The van der Waals surface area contributed by atoms with Crippen LogP contribution in [0.4, 0.5) is 4.79 Å². The van der Waals surface area contributed by atoms with E-state index in [4.69, 9.17) is 4.74 Å². The van der Waals surface area contributed by atoms with Crippen molar-refractivity contribution in [2.45, 2.75) is 108 Å². The molecule has 12 nitrogen and oxygen atoms in total. The molecule has 3 aliphatic rings. The fourth-order valence-corrected chi connectivity index (χ4v) is 6.47. The predicted octanol–water partition coefficient (Wildman–Crippen LogP) is 1.50.